The van der Waals surface area contributed by atoms with Crippen LogP contribution in [0.2, 0.25) is 5.02 Å². The third kappa shape index (κ3) is 3.83. The van der Waals surface area contributed by atoms with E-state index in [1.807, 2.05) is 6.92 Å². The van der Waals surface area contributed by atoms with Gasteiger partial charge in [-0.2, -0.15) is 0 Å². The first kappa shape index (κ1) is 17.7. The molecule has 1 unspecified atom stereocenters. The number of aromatic nitrogens is 2. The molecule has 1 atom stereocenters. The van der Waals surface area contributed by atoms with E-state index in [0.717, 1.165) is 0 Å². The van der Waals surface area contributed by atoms with Crippen LogP contribution in [0.5, 0.6) is 0 Å². The van der Waals surface area contributed by atoms with Crippen LogP contribution in [0.4, 0.5) is 0 Å². The SMILES string of the molecule is CCc1nc2cc(Cl)ccn2c1C(=O)NC(CCC(N)=O)C(=O)O. The Balaban J connectivity index is 2.32. The highest BCUT2D eigenvalue weighted by atomic mass is 35.5. The standard InChI is InChI=1S/C15H17ClN4O4/c1-2-9-13(20-6-5-8(16)7-12(20)18-9)14(22)19-10(15(23)24)3-4-11(17)21/h5-7,10H,2-4H2,1H3,(H2,17,21)(H,19,22)(H,23,24). The smallest absolute Gasteiger partial charge is 0.326 e. The molecule has 24 heavy (non-hydrogen) atoms. The highest BCUT2D eigenvalue weighted by Gasteiger charge is 2.25. The summed E-state index contributed by atoms with van der Waals surface area (Å²) in [6.45, 7) is 1.84. The molecule has 0 radical (unpaired) electrons. The first-order chi connectivity index (χ1) is 11.3. The van der Waals surface area contributed by atoms with Gasteiger partial charge in [0.1, 0.15) is 17.4 Å². The Morgan fingerprint density at radius 1 is 1.46 bits per heavy atom. The molecule has 0 aliphatic rings. The largest absolute Gasteiger partial charge is 0.480 e. The van der Waals surface area contributed by atoms with E-state index in [0.29, 0.717) is 22.8 Å². The summed E-state index contributed by atoms with van der Waals surface area (Å²) in [6.07, 6.45) is 1.86. The van der Waals surface area contributed by atoms with E-state index in [2.05, 4.69) is 10.3 Å². The molecule has 128 valence electrons. The van der Waals surface area contributed by atoms with Crippen LogP contribution < -0.4 is 11.1 Å². The predicted octanol–water partition coefficient (Wildman–Crippen LogP) is 0.999. The third-order valence-electron chi connectivity index (χ3n) is 3.49. The summed E-state index contributed by atoms with van der Waals surface area (Å²) in [5, 5.41) is 12.1. The van der Waals surface area contributed by atoms with E-state index in [-0.39, 0.29) is 18.5 Å². The summed E-state index contributed by atoms with van der Waals surface area (Å²) >= 11 is 5.92. The van der Waals surface area contributed by atoms with Crippen LogP contribution in [-0.2, 0) is 16.0 Å². The Morgan fingerprint density at radius 2 is 2.17 bits per heavy atom. The molecule has 9 heteroatoms. The van der Waals surface area contributed by atoms with Crippen molar-refractivity contribution >= 4 is 35.0 Å². The van der Waals surface area contributed by atoms with Gasteiger partial charge in [-0.15, -0.1) is 0 Å². The molecule has 0 saturated carbocycles. The maximum atomic E-state index is 12.6. The molecule has 0 saturated heterocycles. The monoisotopic (exact) mass is 352 g/mol. The third-order valence-corrected chi connectivity index (χ3v) is 3.73. The molecule has 2 rings (SSSR count). The lowest BCUT2D eigenvalue weighted by Crippen LogP contribution is -2.42. The molecule has 4 N–H and O–H groups in total. The number of rotatable bonds is 7. The van der Waals surface area contributed by atoms with Crippen molar-refractivity contribution in [1.82, 2.24) is 14.7 Å². The fourth-order valence-electron chi connectivity index (χ4n) is 2.33. The number of hydrogen-bond acceptors (Lipinski definition) is 4. The second-order valence-corrected chi connectivity index (χ2v) is 5.64. The summed E-state index contributed by atoms with van der Waals surface area (Å²) in [5.41, 5.74) is 6.29. The number of halogens is 1. The van der Waals surface area contributed by atoms with Crippen LogP contribution in [0, 0.1) is 0 Å². The summed E-state index contributed by atoms with van der Waals surface area (Å²) in [4.78, 5) is 39.0. The quantitative estimate of drug-likeness (QED) is 0.685. The number of hydrogen-bond donors (Lipinski definition) is 3. The molecule has 2 amide bonds. The van der Waals surface area contributed by atoms with E-state index in [9.17, 15) is 19.5 Å². The zero-order valence-corrected chi connectivity index (χ0v) is 13.7. The highest BCUT2D eigenvalue weighted by Crippen LogP contribution is 2.18. The first-order valence-corrected chi connectivity index (χ1v) is 7.69. The van der Waals surface area contributed by atoms with E-state index < -0.39 is 23.8 Å². The number of nitrogens with one attached hydrogen (secondary N) is 1. The minimum atomic E-state index is -1.24. The Bertz CT molecular complexity index is 802. The molecule has 0 aromatic carbocycles. The number of aryl methyl sites for hydroxylation is 1. The number of nitrogens with zero attached hydrogens (tertiary/aromatic N) is 2. The Kier molecular flexibility index (Phi) is 5.40. The maximum Gasteiger partial charge on any atom is 0.326 e. The zero-order chi connectivity index (χ0) is 17.9. The number of primary amides is 1. The topological polar surface area (TPSA) is 127 Å². The predicted molar refractivity (Wildman–Crippen MR) is 86.9 cm³/mol. The van der Waals surface area contributed by atoms with Gasteiger partial charge in [0.25, 0.3) is 5.91 Å². The van der Waals surface area contributed by atoms with Crippen LogP contribution in [0.15, 0.2) is 18.3 Å². The lowest BCUT2D eigenvalue weighted by Gasteiger charge is -2.14. The van der Waals surface area contributed by atoms with Crippen LogP contribution in [0.3, 0.4) is 0 Å². The lowest BCUT2D eigenvalue weighted by molar-refractivity contribution is -0.139. The highest BCUT2D eigenvalue weighted by molar-refractivity contribution is 6.30. The molecule has 8 nitrogen and oxygen atoms in total. The number of carboxylic acids is 1. The number of carboxylic acid groups (broad SMARTS) is 1. The second-order valence-electron chi connectivity index (χ2n) is 5.20. The Labute approximate surface area is 142 Å². The van der Waals surface area contributed by atoms with Gasteiger partial charge in [-0.3, -0.25) is 14.0 Å². The van der Waals surface area contributed by atoms with Gasteiger partial charge in [-0.1, -0.05) is 18.5 Å². The van der Waals surface area contributed by atoms with Crippen molar-refractivity contribution < 1.29 is 19.5 Å². The number of carbonyl (C=O) groups excluding carboxylic acids is 2. The average molecular weight is 353 g/mol. The van der Waals surface area contributed by atoms with Gasteiger partial charge in [-0.05, 0) is 18.9 Å². The van der Waals surface area contributed by atoms with E-state index in [4.69, 9.17) is 17.3 Å². The molecule has 0 spiro atoms. The number of aliphatic carboxylic acids is 1. The molecule has 2 aromatic heterocycles. The molecule has 0 fully saturated rings. The number of fused-ring (bicyclic) bond motifs is 1. The van der Waals surface area contributed by atoms with Gasteiger partial charge >= 0.3 is 5.97 Å². The lowest BCUT2D eigenvalue weighted by atomic mass is 10.1. The molecule has 2 aromatic rings. The number of amides is 2. The number of nitrogens with two attached hydrogens (primary N) is 1. The molecular weight excluding hydrogens is 336 g/mol. The summed E-state index contributed by atoms with van der Waals surface area (Å²) in [6, 6.07) is 2.00. The van der Waals surface area contributed by atoms with Crippen LogP contribution >= 0.6 is 11.6 Å². The Hall–Kier alpha value is -2.61. The summed E-state index contributed by atoms with van der Waals surface area (Å²) < 4.78 is 1.55. The fourth-order valence-corrected chi connectivity index (χ4v) is 2.48. The normalized spacial score (nSPS) is 12.1. The van der Waals surface area contributed by atoms with Gasteiger partial charge in [0.05, 0.1) is 5.69 Å². The Morgan fingerprint density at radius 3 is 2.75 bits per heavy atom. The van der Waals surface area contributed by atoms with Gasteiger partial charge in [0, 0.05) is 23.7 Å². The number of imidazole rings is 1. The van der Waals surface area contributed by atoms with Crippen molar-refractivity contribution in [3.05, 3.63) is 34.7 Å². The molecule has 0 bridgehead atoms. The van der Waals surface area contributed by atoms with Crippen molar-refractivity contribution in [3.63, 3.8) is 0 Å². The van der Waals surface area contributed by atoms with Gasteiger partial charge in [0.2, 0.25) is 5.91 Å². The molecule has 0 aliphatic heterocycles. The van der Waals surface area contributed by atoms with Crippen LogP contribution in [-0.4, -0.2) is 38.3 Å². The number of pyridine rings is 1. The van der Waals surface area contributed by atoms with Crippen molar-refractivity contribution in [1.29, 1.82) is 0 Å². The zero-order valence-electron chi connectivity index (χ0n) is 13.0. The van der Waals surface area contributed by atoms with E-state index >= 15 is 0 Å². The van der Waals surface area contributed by atoms with Gasteiger partial charge in [0.15, 0.2) is 0 Å². The van der Waals surface area contributed by atoms with Gasteiger partial charge < -0.3 is 16.2 Å². The van der Waals surface area contributed by atoms with Crippen molar-refractivity contribution in [3.8, 4) is 0 Å². The second kappa shape index (κ2) is 7.31. The number of carbonyl (C=O) groups is 3. The maximum absolute atomic E-state index is 12.6. The molecular formula is C15H17ClN4O4. The molecule has 2 heterocycles. The minimum Gasteiger partial charge on any atom is -0.480 e. The minimum absolute atomic E-state index is 0.0829. The summed E-state index contributed by atoms with van der Waals surface area (Å²) in [5.74, 6) is -2.45. The van der Waals surface area contributed by atoms with E-state index in [1.54, 1.807) is 22.7 Å². The average Bonchev–Trinajstić information content (AvgIpc) is 2.88. The van der Waals surface area contributed by atoms with Crippen molar-refractivity contribution in [2.75, 3.05) is 0 Å². The van der Waals surface area contributed by atoms with Crippen LogP contribution in [0.25, 0.3) is 5.65 Å². The van der Waals surface area contributed by atoms with Crippen molar-refractivity contribution in [2.24, 2.45) is 5.73 Å². The molecule has 0 aliphatic carbocycles. The van der Waals surface area contributed by atoms with Crippen LogP contribution in [0.1, 0.15) is 35.9 Å². The first-order valence-electron chi connectivity index (χ1n) is 7.32. The van der Waals surface area contributed by atoms with Gasteiger partial charge in [-0.25, -0.2) is 9.78 Å². The van der Waals surface area contributed by atoms with Crippen molar-refractivity contribution in [2.45, 2.75) is 32.2 Å². The van der Waals surface area contributed by atoms with E-state index in [1.165, 1.54) is 0 Å². The summed E-state index contributed by atoms with van der Waals surface area (Å²) in [7, 11) is 0. The fraction of sp³-hybridized carbons (Fsp3) is 0.333.